The molecule has 4 heteroatoms. The van der Waals surface area contributed by atoms with Crippen LogP contribution in [0.4, 0.5) is 0 Å². The second-order valence-corrected chi connectivity index (χ2v) is 11.6. The fourth-order valence-electron chi connectivity index (χ4n) is 6.47. The van der Waals surface area contributed by atoms with Crippen molar-refractivity contribution < 1.29 is 4.42 Å². The Morgan fingerprint density at radius 2 is 0.936 bits per heavy atom. The lowest BCUT2D eigenvalue weighted by atomic mass is 9.95. The van der Waals surface area contributed by atoms with E-state index in [0.29, 0.717) is 17.5 Å². The molecule has 0 unspecified atom stereocenters. The Balaban J connectivity index is 1.19. The van der Waals surface area contributed by atoms with Gasteiger partial charge in [-0.1, -0.05) is 140 Å². The highest BCUT2D eigenvalue weighted by Gasteiger charge is 2.18. The van der Waals surface area contributed by atoms with Crippen LogP contribution >= 0.6 is 0 Å². The Bertz CT molecular complexity index is 2570. The summed E-state index contributed by atoms with van der Waals surface area (Å²) < 4.78 is 6.20. The van der Waals surface area contributed by atoms with Gasteiger partial charge in [-0.15, -0.1) is 0 Å². The number of benzene rings is 7. The minimum atomic E-state index is 0.607. The highest BCUT2D eigenvalue weighted by molar-refractivity contribution is 6.11. The second-order valence-electron chi connectivity index (χ2n) is 11.6. The van der Waals surface area contributed by atoms with Gasteiger partial charge in [0.25, 0.3) is 0 Å². The van der Waals surface area contributed by atoms with Crippen molar-refractivity contribution in [2.24, 2.45) is 0 Å². The number of fused-ring (bicyclic) bond motifs is 4. The molecular weight excluding hydrogens is 574 g/mol. The molecule has 0 spiro atoms. The van der Waals surface area contributed by atoms with Gasteiger partial charge >= 0.3 is 0 Å². The Morgan fingerprint density at radius 1 is 0.340 bits per heavy atom. The lowest BCUT2D eigenvalue weighted by molar-refractivity contribution is 0.669. The number of nitrogens with zero attached hydrogens (tertiary/aromatic N) is 3. The van der Waals surface area contributed by atoms with E-state index in [-0.39, 0.29) is 0 Å². The highest BCUT2D eigenvalue weighted by atomic mass is 16.3. The SMILES string of the molecule is c1ccc(-c2nc(-c3cccc(-c4ccc5c(-c6ccccc6)cccc5c4)c3)nc(-c3cccc4oc5ccccc5c34)n2)cc1. The van der Waals surface area contributed by atoms with E-state index in [0.717, 1.165) is 49.8 Å². The molecule has 0 radical (unpaired) electrons. The number of furan rings is 1. The van der Waals surface area contributed by atoms with Crippen molar-refractivity contribution in [3.05, 3.63) is 164 Å². The first-order chi connectivity index (χ1) is 23.3. The fourth-order valence-corrected chi connectivity index (χ4v) is 6.47. The van der Waals surface area contributed by atoms with Crippen LogP contribution in [0, 0.1) is 0 Å². The van der Waals surface area contributed by atoms with Crippen molar-refractivity contribution >= 4 is 32.7 Å². The van der Waals surface area contributed by atoms with Crippen LogP contribution in [0.25, 0.3) is 89.1 Å². The van der Waals surface area contributed by atoms with Crippen LogP contribution in [0.1, 0.15) is 0 Å². The summed E-state index contributed by atoms with van der Waals surface area (Å²) in [7, 11) is 0. The van der Waals surface area contributed by atoms with Crippen molar-refractivity contribution in [2.45, 2.75) is 0 Å². The molecule has 9 rings (SSSR count). The maximum atomic E-state index is 6.20. The average Bonchev–Trinajstić information content (AvgIpc) is 3.54. The molecule has 0 aliphatic heterocycles. The molecule has 0 fully saturated rings. The molecule has 220 valence electrons. The van der Waals surface area contributed by atoms with Gasteiger partial charge in [0.05, 0.1) is 0 Å². The molecule has 7 aromatic carbocycles. The van der Waals surface area contributed by atoms with E-state index in [1.807, 2.05) is 60.7 Å². The lowest BCUT2D eigenvalue weighted by Crippen LogP contribution is -2.00. The van der Waals surface area contributed by atoms with Gasteiger partial charge in [-0.05, 0) is 57.3 Å². The van der Waals surface area contributed by atoms with Gasteiger partial charge in [-0.25, -0.2) is 15.0 Å². The number of hydrogen-bond donors (Lipinski definition) is 0. The van der Waals surface area contributed by atoms with E-state index in [4.69, 9.17) is 19.4 Å². The predicted octanol–water partition coefficient (Wildman–Crippen LogP) is 11.3. The molecule has 0 saturated carbocycles. The monoisotopic (exact) mass is 601 g/mol. The third kappa shape index (κ3) is 4.84. The summed E-state index contributed by atoms with van der Waals surface area (Å²) in [6, 6.07) is 56.4. The Kier molecular flexibility index (Phi) is 6.43. The van der Waals surface area contributed by atoms with Crippen LogP contribution in [0.3, 0.4) is 0 Å². The Morgan fingerprint density at radius 3 is 1.79 bits per heavy atom. The number of rotatable bonds is 5. The van der Waals surface area contributed by atoms with Gasteiger partial charge in [-0.3, -0.25) is 0 Å². The van der Waals surface area contributed by atoms with E-state index < -0.39 is 0 Å². The summed E-state index contributed by atoms with van der Waals surface area (Å²) in [5.41, 5.74) is 9.09. The van der Waals surface area contributed by atoms with Crippen LogP contribution in [-0.4, -0.2) is 15.0 Å². The highest BCUT2D eigenvalue weighted by Crippen LogP contribution is 2.37. The molecule has 0 saturated heterocycles. The molecular formula is C43H27N3O. The topological polar surface area (TPSA) is 51.8 Å². The summed E-state index contributed by atoms with van der Waals surface area (Å²) in [4.78, 5) is 15.1. The van der Waals surface area contributed by atoms with Crippen LogP contribution in [0.5, 0.6) is 0 Å². The lowest BCUT2D eigenvalue weighted by Gasteiger charge is -2.11. The van der Waals surface area contributed by atoms with Gasteiger partial charge < -0.3 is 4.42 Å². The molecule has 0 atom stereocenters. The van der Waals surface area contributed by atoms with Crippen LogP contribution in [0.2, 0.25) is 0 Å². The molecule has 9 aromatic rings. The third-order valence-electron chi connectivity index (χ3n) is 8.73. The second kappa shape index (κ2) is 11.2. The van der Waals surface area contributed by atoms with E-state index in [1.165, 1.54) is 21.9 Å². The van der Waals surface area contributed by atoms with Crippen molar-refractivity contribution in [3.8, 4) is 56.4 Å². The van der Waals surface area contributed by atoms with Gasteiger partial charge in [0.2, 0.25) is 0 Å². The minimum absolute atomic E-state index is 0.607. The molecule has 0 amide bonds. The number of aromatic nitrogens is 3. The zero-order valence-corrected chi connectivity index (χ0v) is 25.3. The van der Waals surface area contributed by atoms with E-state index in [2.05, 4.69) is 103 Å². The van der Waals surface area contributed by atoms with E-state index in [1.54, 1.807) is 0 Å². The van der Waals surface area contributed by atoms with E-state index in [9.17, 15) is 0 Å². The number of hydrogen-bond acceptors (Lipinski definition) is 4. The minimum Gasteiger partial charge on any atom is -0.456 e. The molecule has 2 aromatic heterocycles. The first kappa shape index (κ1) is 27.0. The van der Waals surface area contributed by atoms with Crippen LogP contribution < -0.4 is 0 Å². The summed E-state index contributed by atoms with van der Waals surface area (Å²) in [5.74, 6) is 1.85. The average molecular weight is 602 g/mol. The molecule has 0 N–H and O–H groups in total. The maximum Gasteiger partial charge on any atom is 0.164 e. The van der Waals surface area contributed by atoms with Crippen molar-refractivity contribution in [3.63, 3.8) is 0 Å². The fraction of sp³-hybridized carbons (Fsp3) is 0. The zero-order valence-electron chi connectivity index (χ0n) is 25.3. The van der Waals surface area contributed by atoms with Crippen LogP contribution in [-0.2, 0) is 0 Å². The molecule has 2 heterocycles. The largest absolute Gasteiger partial charge is 0.456 e. The summed E-state index contributed by atoms with van der Waals surface area (Å²) in [5, 5.41) is 4.46. The quantitative estimate of drug-likeness (QED) is 0.197. The molecule has 0 bridgehead atoms. The molecule has 0 aliphatic carbocycles. The van der Waals surface area contributed by atoms with Crippen LogP contribution in [0.15, 0.2) is 168 Å². The maximum absolute atomic E-state index is 6.20. The molecule has 47 heavy (non-hydrogen) atoms. The van der Waals surface area contributed by atoms with Gasteiger partial charge in [0.1, 0.15) is 11.2 Å². The zero-order chi connectivity index (χ0) is 31.2. The Labute approximate surface area is 271 Å². The summed E-state index contributed by atoms with van der Waals surface area (Å²) in [6.45, 7) is 0. The van der Waals surface area contributed by atoms with Gasteiger partial charge in [0, 0.05) is 27.5 Å². The van der Waals surface area contributed by atoms with Gasteiger partial charge in [-0.2, -0.15) is 0 Å². The summed E-state index contributed by atoms with van der Waals surface area (Å²) in [6.07, 6.45) is 0. The normalized spacial score (nSPS) is 11.4. The standard InChI is InChI=1S/C43H27N3O/c1-3-12-28(13-4-1)34-20-10-17-32-26-31(24-25-35(32)34)30-16-9-18-33(27-30)42-44-41(29-14-5-2-6-15-29)45-43(46-42)37-21-11-23-39-40(37)36-19-7-8-22-38(36)47-39/h1-27H. The third-order valence-corrected chi connectivity index (χ3v) is 8.73. The molecule has 4 nitrogen and oxygen atoms in total. The van der Waals surface area contributed by atoms with Gasteiger partial charge in [0.15, 0.2) is 17.5 Å². The predicted molar refractivity (Wildman–Crippen MR) is 192 cm³/mol. The van der Waals surface area contributed by atoms with E-state index >= 15 is 0 Å². The first-order valence-corrected chi connectivity index (χ1v) is 15.7. The van der Waals surface area contributed by atoms with Crippen molar-refractivity contribution in [1.82, 2.24) is 15.0 Å². The molecule has 0 aliphatic rings. The first-order valence-electron chi connectivity index (χ1n) is 15.7. The van der Waals surface area contributed by atoms with Crippen molar-refractivity contribution in [1.29, 1.82) is 0 Å². The number of para-hydroxylation sites is 1. The summed E-state index contributed by atoms with van der Waals surface area (Å²) >= 11 is 0. The smallest absolute Gasteiger partial charge is 0.164 e. The Hall–Kier alpha value is -6.39. The van der Waals surface area contributed by atoms with Crippen molar-refractivity contribution in [2.75, 3.05) is 0 Å².